The molecule has 3 aromatic rings. The van der Waals surface area contributed by atoms with Gasteiger partial charge in [-0.1, -0.05) is 24.3 Å². The summed E-state index contributed by atoms with van der Waals surface area (Å²) in [5.41, 5.74) is 2.97. The quantitative estimate of drug-likeness (QED) is 0.735. The maximum Gasteiger partial charge on any atom is 0.417 e. The van der Waals surface area contributed by atoms with Gasteiger partial charge in [-0.3, -0.25) is 4.98 Å². The zero-order chi connectivity index (χ0) is 17.4. The molecule has 0 fully saturated rings. The molecule has 0 saturated carbocycles. The van der Waals surface area contributed by atoms with Gasteiger partial charge in [-0.05, 0) is 29.3 Å². The Hall–Kier alpha value is -2.42. The lowest BCUT2D eigenvalue weighted by molar-refractivity contribution is 0.0322. The molecule has 2 aromatic carbocycles. The highest BCUT2D eigenvalue weighted by Gasteiger charge is 2.22. The Bertz CT molecular complexity index is 1080. The second-order valence-corrected chi connectivity index (χ2v) is 7.70. The van der Waals surface area contributed by atoms with Crippen molar-refractivity contribution in [1.29, 1.82) is 0 Å². The number of rotatable bonds is 4. The lowest BCUT2D eigenvalue weighted by atomic mass is 9.99. The molecule has 2 N–H and O–H groups in total. The molecule has 1 aliphatic heterocycles. The summed E-state index contributed by atoms with van der Waals surface area (Å²) in [5, 5.41) is 0. The number of fused-ring (bicyclic) bond motifs is 2. The van der Waals surface area contributed by atoms with E-state index in [9.17, 15) is 13.2 Å². The van der Waals surface area contributed by atoms with E-state index in [1.165, 1.54) is 23.8 Å². The normalized spacial score (nSPS) is 17.5. The van der Waals surface area contributed by atoms with Crippen LogP contribution in [0, 0.1) is 0 Å². The van der Waals surface area contributed by atoms with Crippen molar-refractivity contribution >= 4 is 21.1 Å². The van der Waals surface area contributed by atoms with E-state index in [1.54, 1.807) is 0 Å². The van der Waals surface area contributed by atoms with Gasteiger partial charge in [0.25, 0.3) is 0 Å². The highest BCUT2D eigenvalue weighted by atomic mass is 32.2. The minimum absolute atomic E-state index is 0.0632. The Balaban J connectivity index is 1.48. The first-order valence-corrected chi connectivity index (χ1v) is 9.30. The largest absolute Gasteiger partial charge is 0.417 e. The Morgan fingerprint density at radius 2 is 1.96 bits per heavy atom. The van der Waals surface area contributed by atoms with Crippen LogP contribution in [0.2, 0.25) is 0 Å². The number of hydrogen-bond acceptors (Lipinski definition) is 5. The van der Waals surface area contributed by atoms with Crippen molar-refractivity contribution in [3.63, 3.8) is 0 Å². The van der Waals surface area contributed by atoms with Gasteiger partial charge in [-0.15, -0.1) is 0 Å². The highest BCUT2D eigenvalue weighted by molar-refractivity contribution is 7.89. The third kappa shape index (κ3) is 3.23. The van der Waals surface area contributed by atoms with Crippen molar-refractivity contribution in [3.05, 3.63) is 64.1 Å². The Morgan fingerprint density at radius 1 is 1.16 bits per heavy atom. The smallest absolute Gasteiger partial charge is 0.408 e. The Labute approximate surface area is 143 Å². The van der Waals surface area contributed by atoms with E-state index in [0.717, 1.165) is 5.56 Å². The average Bonchev–Trinajstić information content (AvgIpc) is 2.99. The van der Waals surface area contributed by atoms with Gasteiger partial charge in [0.2, 0.25) is 10.0 Å². The summed E-state index contributed by atoms with van der Waals surface area (Å²) in [5.74, 6) is -0.619. The van der Waals surface area contributed by atoms with Gasteiger partial charge >= 0.3 is 5.76 Å². The zero-order valence-electron chi connectivity index (χ0n) is 13.2. The first kappa shape index (κ1) is 16.1. The molecule has 1 unspecified atom stereocenters. The van der Waals surface area contributed by atoms with Gasteiger partial charge in [0.1, 0.15) is 0 Å². The van der Waals surface area contributed by atoms with Crippen molar-refractivity contribution in [3.8, 4) is 0 Å². The second kappa shape index (κ2) is 6.14. The van der Waals surface area contributed by atoms with Crippen molar-refractivity contribution < 1.29 is 17.6 Å². The summed E-state index contributed by atoms with van der Waals surface area (Å²) in [4.78, 5) is 13.7. The number of benzene rings is 2. The van der Waals surface area contributed by atoms with Crippen LogP contribution in [0.4, 0.5) is 0 Å². The number of aromatic nitrogens is 1. The predicted octanol–water partition coefficient (Wildman–Crippen LogP) is 1.54. The van der Waals surface area contributed by atoms with E-state index >= 15 is 0 Å². The maximum atomic E-state index is 12.5. The molecule has 1 aromatic heterocycles. The fourth-order valence-electron chi connectivity index (χ4n) is 2.92. The van der Waals surface area contributed by atoms with Crippen LogP contribution in [0.3, 0.4) is 0 Å². The maximum absolute atomic E-state index is 12.5. The minimum Gasteiger partial charge on any atom is -0.408 e. The molecule has 25 heavy (non-hydrogen) atoms. The molecule has 0 bridgehead atoms. The molecule has 4 rings (SSSR count). The summed E-state index contributed by atoms with van der Waals surface area (Å²) < 4.78 is 38.1. The Kier molecular flexibility index (Phi) is 3.95. The molecule has 7 nitrogen and oxygen atoms in total. The van der Waals surface area contributed by atoms with E-state index in [4.69, 9.17) is 9.15 Å². The minimum atomic E-state index is -3.71. The monoisotopic (exact) mass is 360 g/mol. The molecule has 2 heterocycles. The average molecular weight is 360 g/mol. The van der Waals surface area contributed by atoms with Crippen LogP contribution in [0.5, 0.6) is 0 Å². The highest BCUT2D eigenvalue weighted by Crippen LogP contribution is 2.21. The fourth-order valence-corrected chi connectivity index (χ4v) is 4.02. The fraction of sp³-hybridized carbons (Fsp3) is 0.235. The summed E-state index contributed by atoms with van der Waals surface area (Å²) >= 11 is 0. The first-order valence-electron chi connectivity index (χ1n) is 7.82. The Morgan fingerprint density at radius 3 is 2.80 bits per heavy atom. The first-order chi connectivity index (χ1) is 12.0. The SMILES string of the molecule is O=c1[nH]c2cc(S(=O)(=O)NCC3Cc4ccccc4CO3)ccc2o1. The molecule has 0 amide bonds. The number of hydrogen-bond donors (Lipinski definition) is 2. The van der Waals surface area contributed by atoms with Crippen molar-refractivity contribution in [2.24, 2.45) is 0 Å². The molecule has 0 radical (unpaired) electrons. The van der Waals surface area contributed by atoms with Gasteiger partial charge in [0, 0.05) is 13.0 Å². The molecule has 8 heteroatoms. The van der Waals surface area contributed by atoms with Crippen molar-refractivity contribution in [2.45, 2.75) is 24.0 Å². The molecule has 0 aliphatic carbocycles. The van der Waals surface area contributed by atoms with E-state index < -0.39 is 15.8 Å². The topological polar surface area (TPSA) is 101 Å². The molecular weight excluding hydrogens is 344 g/mol. The summed E-state index contributed by atoms with van der Waals surface area (Å²) in [6, 6.07) is 12.2. The van der Waals surface area contributed by atoms with Crippen LogP contribution in [0.15, 0.2) is 56.6 Å². The van der Waals surface area contributed by atoms with E-state index in [0.29, 0.717) is 24.1 Å². The summed E-state index contributed by atoms with van der Waals surface area (Å²) in [6.45, 7) is 0.654. The van der Waals surface area contributed by atoms with Crippen LogP contribution in [0.25, 0.3) is 11.1 Å². The lowest BCUT2D eigenvalue weighted by Gasteiger charge is -2.25. The van der Waals surface area contributed by atoms with Crippen LogP contribution in [0.1, 0.15) is 11.1 Å². The summed E-state index contributed by atoms with van der Waals surface area (Å²) in [7, 11) is -3.71. The van der Waals surface area contributed by atoms with Crippen LogP contribution in [-0.2, 0) is 27.8 Å². The van der Waals surface area contributed by atoms with Crippen molar-refractivity contribution in [1.82, 2.24) is 9.71 Å². The third-order valence-electron chi connectivity index (χ3n) is 4.24. The van der Waals surface area contributed by atoms with Gasteiger partial charge in [0.15, 0.2) is 5.58 Å². The number of sulfonamides is 1. The lowest BCUT2D eigenvalue weighted by Crippen LogP contribution is -2.36. The van der Waals surface area contributed by atoms with Crippen molar-refractivity contribution in [2.75, 3.05) is 6.54 Å². The van der Waals surface area contributed by atoms with Crippen LogP contribution >= 0.6 is 0 Å². The van der Waals surface area contributed by atoms with Crippen LogP contribution < -0.4 is 10.5 Å². The molecular formula is C17H16N2O5S. The van der Waals surface area contributed by atoms with E-state index in [2.05, 4.69) is 9.71 Å². The van der Waals surface area contributed by atoms with E-state index in [-0.39, 0.29) is 17.5 Å². The number of nitrogens with one attached hydrogen (secondary N) is 2. The number of aromatic amines is 1. The number of ether oxygens (including phenoxy) is 1. The predicted molar refractivity (Wildman–Crippen MR) is 90.7 cm³/mol. The number of H-pyrrole nitrogens is 1. The standard InChI is InChI=1S/C17H16N2O5S/c20-17-19-15-8-14(5-6-16(15)24-17)25(21,22)18-9-13-7-11-3-1-2-4-12(11)10-23-13/h1-6,8,13,18H,7,9-10H2,(H,19,20). The molecule has 1 atom stereocenters. The van der Waals surface area contributed by atoms with Gasteiger partial charge in [0.05, 0.1) is 23.1 Å². The summed E-state index contributed by atoms with van der Waals surface area (Å²) in [6.07, 6.45) is 0.439. The van der Waals surface area contributed by atoms with Crippen LogP contribution in [-0.4, -0.2) is 26.1 Å². The van der Waals surface area contributed by atoms with Gasteiger partial charge in [-0.25, -0.2) is 17.9 Å². The molecule has 0 spiro atoms. The zero-order valence-corrected chi connectivity index (χ0v) is 14.0. The van der Waals surface area contributed by atoms with Gasteiger partial charge < -0.3 is 9.15 Å². The second-order valence-electron chi connectivity index (χ2n) is 5.93. The molecule has 1 aliphatic rings. The van der Waals surface area contributed by atoms with Gasteiger partial charge in [-0.2, -0.15) is 0 Å². The molecule has 0 saturated heterocycles. The van der Waals surface area contributed by atoms with E-state index in [1.807, 2.05) is 24.3 Å². The number of oxazole rings is 1. The molecule has 130 valence electrons. The third-order valence-corrected chi connectivity index (χ3v) is 5.66.